The molecular formula is C9H21N3O. The van der Waals surface area contributed by atoms with E-state index in [4.69, 9.17) is 11.5 Å². The molecule has 1 atom stereocenters. The van der Waals surface area contributed by atoms with Crippen molar-refractivity contribution < 1.29 is 4.79 Å². The van der Waals surface area contributed by atoms with Crippen LogP contribution < -0.4 is 16.8 Å². The Bertz CT molecular complexity index is 139. The zero-order chi connectivity index (χ0) is 10.1. The molecule has 1 amide bonds. The van der Waals surface area contributed by atoms with E-state index in [9.17, 15) is 4.79 Å². The smallest absolute Gasteiger partial charge is 0.236 e. The van der Waals surface area contributed by atoms with E-state index in [1.807, 2.05) is 6.92 Å². The highest BCUT2D eigenvalue weighted by molar-refractivity contribution is 5.81. The first-order valence-electron chi connectivity index (χ1n) is 4.95. The van der Waals surface area contributed by atoms with Gasteiger partial charge in [-0.1, -0.05) is 13.3 Å². The molecule has 0 spiro atoms. The zero-order valence-electron chi connectivity index (χ0n) is 8.38. The fraction of sp³-hybridized carbons (Fsp3) is 0.889. The lowest BCUT2D eigenvalue weighted by molar-refractivity contribution is -0.122. The second-order valence-corrected chi connectivity index (χ2v) is 3.18. The van der Waals surface area contributed by atoms with Crippen LogP contribution in [-0.4, -0.2) is 25.0 Å². The average molecular weight is 187 g/mol. The summed E-state index contributed by atoms with van der Waals surface area (Å²) in [6.45, 7) is 3.40. The number of carbonyl (C=O) groups is 1. The summed E-state index contributed by atoms with van der Waals surface area (Å²) in [6.07, 6.45) is 3.54. The van der Waals surface area contributed by atoms with Crippen molar-refractivity contribution in [1.82, 2.24) is 5.32 Å². The molecule has 0 aliphatic carbocycles. The molecule has 4 nitrogen and oxygen atoms in total. The summed E-state index contributed by atoms with van der Waals surface area (Å²) < 4.78 is 0. The van der Waals surface area contributed by atoms with Crippen LogP contribution in [0.2, 0.25) is 0 Å². The lowest BCUT2D eigenvalue weighted by atomic mass is 10.1. The maximum Gasteiger partial charge on any atom is 0.236 e. The Morgan fingerprint density at radius 1 is 1.46 bits per heavy atom. The Balaban J connectivity index is 3.45. The van der Waals surface area contributed by atoms with Crippen LogP contribution >= 0.6 is 0 Å². The van der Waals surface area contributed by atoms with Gasteiger partial charge < -0.3 is 16.8 Å². The van der Waals surface area contributed by atoms with Gasteiger partial charge in [0.1, 0.15) is 0 Å². The molecule has 0 heterocycles. The van der Waals surface area contributed by atoms with Gasteiger partial charge in [0.2, 0.25) is 5.91 Å². The van der Waals surface area contributed by atoms with Crippen molar-refractivity contribution >= 4 is 5.91 Å². The van der Waals surface area contributed by atoms with Gasteiger partial charge in [-0.2, -0.15) is 0 Å². The van der Waals surface area contributed by atoms with Gasteiger partial charge in [0.15, 0.2) is 0 Å². The predicted molar refractivity (Wildman–Crippen MR) is 54.2 cm³/mol. The normalized spacial score (nSPS) is 12.5. The minimum atomic E-state index is -0.363. The van der Waals surface area contributed by atoms with Crippen LogP contribution in [0.3, 0.4) is 0 Å². The summed E-state index contributed by atoms with van der Waals surface area (Å²) in [4.78, 5) is 11.2. The molecule has 0 aliphatic heterocycles. The molecule has 0 saturated heterocycles. The van der Waals surface area contributed by atoms with Gasteiger partial charge in [-0.05, 0) is 25.8 Å². The van der Waals surface area contributed by atoms with Gasteiger partial charge in [-0.25, -0.2) is 0 Å². The Morgan fingerprint density at radius 2 is 2.15 bits per heavy atom. The van der Waals surface area contributed by atoms with Crippen molar-refractivity contribution in [2.75, 3.05) is 13.1 Å². The molecular weight excluding hydrogens is 166 g/mol. The van der Waals surface area contributed by atoms with Crippen LogP contribution in [0.1, 0.15) is 32.6 Å². The van der Waals surface area contributed by atoms with Gasteiger partial charge in [-0.15, -0.1) is 0 Å². The lowest BCUT2D eigenvalue weighted by Gasteiger charge is -2.10. The van der Waals surface area contributed by atoms with Crippen molar-refractivity contribution in [3.63, 3.8) is 0 Å². The molecule has 0 aromatic rings. The highest BCUT2D eigenvalue weighted by Crippen LogP contribution is 1.97. The van der Waals surface area contributed by atoms with E-state index in [1.54, 1.807) is 0 Å². The second-order valence-electron chi connectivity index (χ2n) is 3.18. The number of rotatable bonds is 7. The van der Waals surface area contributed by atoms with Gasteiger partial charge in [0.25, 0.3) is 0 Å². The average Bonchev–Trinajstić information content (AvgIpc) is 2.14. The van der Waals surface area contributed by atoms with Crippen molar-refractivity contribution in [2.45, 2.75) is 38.6 Å². The van der Waals surface area contributed by atoms with Crippen LogP contribution in [0, 0.1) is 0 Å². The minimum Gasteiger partial charge on any atom is -0.355 e. The Labute approximate surface area is 80.0 Å². The molecule has 0 aromatic heterocycles. The number of carbonyl (C=O) groups excluding carboxylic acids is 1. The quantitative estimate of drug-likeness (QED) is 0.489. The highest BCUT2D eigenvalue weighted by atomic mass is 16.2. The van der Waals surface area contributed by atoms with Gasteiger partial charge in [-0.3, -0.25) is 4.79 Å². The molecule has 0 rings (SSSR count). The third-order valence-corrected chi connectivity index (χ3v) is 1.86. The summed E-state index contributed by atoms with van der Waals surface area (Å²) >= 11 is 0. The Kier molecular flexibility index (Phi) is 7.63. The molecule has 0 radical (unpaired) electrons. The van der Waals surface area contributed by atoms with E-state index in [2.05, 4.69) is 5.32 Å². The Hall–Kier alpha value is -0.610. The summed E-state index contributed by atoms with van der Waals surface area (Å²) in [7, 11) is 0. The van der Waals surface area contributed by atoms with Crippen LogP contribution in [0.4, 0.5) is 0 Å². The van der Waals surface area contributed by atoms with E-state index in [0.717, 1.165) is 25.7 Å². The maximum atomic E-state index is 11.2. The van der Waals surface area contributed by atoms with Crippen LogP contribution in [0.15, 0.2) is 0 Å². The number of unbranched alkanes of at least 4 members (excludes halogenated alkanes) is 1. The van der Waals surface area contributed by atoms with E-state index in [0.29, 0.717) is 13.1 Å². The molecule has 4 heteroatoms. The second kappa shape index (κ2) is 8.01. The molecule has 78 valence electrons. The molecule has 0 aromatic carbocycles. The van der Waals surface area contributed by atoms with Gasteiger partial charge in [0.05, 0.1) is 6.04 Å². The summed E-state index contributed by atoms with van der Waals surface area (Å²) in [5.41, 5.74) is 11.0. The van der Waals surface area contributed by atoms with E-state index in [1.165, 1.54) is 0 Å². The number of nitrogens with one attached hydrogen (secondary N) is 1. The molecule has 13 heavy (non-hydrogen) atoms. The predicted octanol–water partition coefficient (Wildman–Crippen LogP) is -0.0311. The highest BCUT2D eigenvalue weighted by Gasteiger charge is 2.10. The first-order valence-corrected chi connectivity index (χ1v) is 4.95. The fourth-order valence-corrected chi connectivity index (χ4v) is 1.02. The largest absolute Gasteiger partial charge is 0.355 e. The van der Waals surface area contributed by atoms with E-state index < -0.39 is 0 Å². The Morgan fingerprint density at radius 3 is 2.69 bits per heavy atom. The number of nitrogens with two attached hydrogens (primary N) is 2. The molecule has 0 saturated carbocycles. The first-order chi connectivity index (χ1) is 6.22. The topological polar surface area (TPSA) is 81.1 Å². The lowest BCUT2D eigenvalue weighted by Crippen LogP contribution is -2.40. The molecule has 0 aliphatic rings. The monoisotopic (exact) mass is 187 g/mol. The number of hydrogen-bond donors (Lipinski definition) is 3. The van der Waals surface area contributed by atoms with E-state index in [-0.39, 0.29) is 11.9 Å². The summed E-state index contributed by atoms with van der Waals surface area (Å²) in [6, 6.07) is -0.363. The molecule has 0 bridgehead atoms. The van der Waals surface area contributed by atoms with Crippen molar-refractivity contribution in [3.8, 4) is 0 Å². The van der Waals surface area contributed by atoms with Crippen LogP contribution in [0.25, 0.3) is 0 Å². The summed E-state index contributed by atoms with van der Waals surface area (Å²) in [5.74, 6) is -0.0427. The maximum absolute atomic E-state index is 11.2. The molecule has 5 N–H and O–H groups in total. The fourth-order valence-electron chi connectivity index (χ4n) is 1.02. The zero-order valence-corrected chi connectivity index (χ0v) is 8.38. The summed E-state index contributed by atoms with van der Waals surface area (Å²) in [5, 5.41) is 2.76. The van der Waals surface area contributed by atoms with Crippen LogP contribution in [-0.2, 0) is 4.79 Å². The van der Waals surface area contributed by atoms with Crippen molar-refractivity contribution in [1.29, 1.82) is 0 Å². The standard InChI is InChI=1S/C9H21N3O/c1-2-7-12-9(13)8(11)5-3-4-6-10/h8H,2-7,10-11H2,1H3,(H,12,13)/t8-/m1/s1. The van der Waals surface area contributed by atoms with Crippen molar-refractivity contribution in [3.05, 3.63) is 0 Å². The van der Waals surface area contributed by atoms with Crippen molar-refractivity contribution in [2.24, 2.45) is 11.5 Å². The van der Waals surface area contributed by atoms with Crippen LogP contribution in [0.5, 0.6) is 0 Å². The molecule has 0 fully saturated rings. The van der Waals surface area contributed by atoms with Gasteiger partial charge in [0, 0.05) is 6.54 Å². The third-order valence-electron chi connectivity index (χ3n) is 1.86. The molecule has 0 unspecified atom stereocenters. The minimum absolute atomic E-state index is 0.0427. The number of hydrogen-bond acceptors (Lipinski definition) is 3. The van der Waals surface area contributed by atoms with Gasteiger partial charge >= 0.3 is 0 Å². The third kappa shape index (κ3) is 6.54. The number of amides is 1. The first kappa shape index (κ1) is 12.4. The van der Waals surface area contributed by atoms with E-state index >= 15 is 0 Å². The SMILES string of the molecule is CCCNC(=O)[C@H](N)CCCCN.